The van der Waals surface area contributed by atoms with E-state index in [1.807, 2.05) is 19.9 Å². The average Bonchev–Trinajstić information content (AvgIpc) is 2.57. The summed E-state index contributed by atoms with van der Waals surface area (Å²) >= 11 is 0. The molecule has 2 rings (SSSR count). The summed E-state index contributed by atoms with van der Waals surface area (Å²) in [5.41, 5.74) is 0.774. The molecule has 2 aromatic rings. The Labute approximate surface area is 170 Å². The Morgan fingerprint density at radius 1 is 1.17 bits per heavy atom. The predicted octanol–water partition coefficient (Wildman–Crippen LogP) is 4.12. The van der Waals surface area contributed by atoms with Crippen LogP contribution in [0.4, 0.5) is 4.79 Å². The van der Waals surface area contributed by atoms with E-state index in [2.05, 4.69) is 5.32 Å². The minimum absolute atomic E-state index is 0.222. The van der Waals surface area contributed by atoms with Crippen LogP contribution in [0.2, 0.25) is 0 Å². The fraction of sp³-hybridized carbons (Fsp3) is 0.500. The number of fused-ring (bicyclic) bond motifs is 1. The first-order valence-electron chi connectivity index (χ1n) is 9.70. The van der Waals surface area contributed by atoms with Gasteiger partial charge in [0.1, 0.15) is 23.0 Å². The molecule has 0 unspecified atom stereocenters. The van der Waals surface area contributed by atoms with Crippen molar-refractivity contribution in [2.24, 2.45) is 5.92 Å². The first-order chi connectivity index (χ1) is 13.4. The summed E-state index contributed by atoms with van der Waals surface area (Å²) in [6, 6.07) is 3.93. The zero-order valence-corrected chi connectivity index (χ0v) is 18.0. The number of rotatable bonds is 5. The number of hydrogen-bond donors (Lipinski definition) is 1. The van der Waals surface area contributed by atoms with Gasteiger partial charge in [-0.3, -0.25) is 0 Å². The van der Waals surface area contributed by atoms with E-state index in [9.17, 15) is 14.4 Å². The lowest BCUT2D eigenvalue weighted by Gasteiger charge is -2.25. The van der Waals surface area contributed by atoms with E-state index in [0.29, 0.717) is 17.8 Å². The normalized spacial score (nSPS) is 12.7. The van der Waals surface area contributed by atoms with Crippen molar-refractivity contribution >= 4 is 23.0 Å². The summed E-state index contributed by atoms with van der Waals surface area (Å²) in [7, 11) is 0. The summed E-state index contributed by atoms with van der Waals surface area (Å²) in [6.07, 6.45) is -0.0767. The summed E-state index contributed by atoms with van der Waals surface area (Å²) in [5, 5.41) is 3.36. The Morgan fingerprint density at radius 2 is 1.83 bits per heavy atom. The van der Waals surface area contributed by atoms with Gasteiger partial charge in [-0.1, -0.05) is 20.8 Å². The molecular weight excluding hydrogens is 374 g/mol. The number of carbonyl (C=O) groups excluding carboxylic acids is 2. The van der Waals surface area contributed by atoms with Crippen molar-refractivity contribution in [2.75, 3.05) is 0 Å². The van der Waals surface area contributed by atoms with E-state index in [0.717, 1.165) is 16.5 Å². The van der Waals surface area contributed by atoms with Crippen LogP contribution in [-0.4, -0.2) is 23.7 Å². The first-order valence-corrected chi connectivity index (χ1v) is 9.70. The second-order valence-electron chi connectivity index (χ2n) is 8.35. The van der Waals surface area contributed by atoms with Gasteiger partial charge in [-0.15, -0.1) is 0 Å². The molecule has 0 bridgehead atoms. The molecule has 0 radical (unpaired) electrons. The second-order valence-corrected chi connectivity index (χ2v) is 8.35. The maximum atomic E-state index is 12.8. The zero-order valence-electron chi connectivity index (χ0n) is 18.0. The molecule has 1 N–H and O–H groups in total. The van der Waals surface area contributed by atoms with Crippen molar-refractivity contribution in [1.29, 1.82) is 0 Å². The van der Waals surface area contributed by atoms with Crippen LogP contribution in [0.5, 0.6) is 5.75 Å². The quantitative estimate of drug-likeness (QED) is 0.458. The molecule has 0 saturated carbocycles. The predicted molar refractivity (Wildman–Crippen MR) is 110 cm³/mol. The largest absolute Gasteiger partial charge is 0.444 e. The van der Waals surface area contributed by atoms with Gasteiger partial charge in [0, 0.05) is 17.5 Å². The molecule has 0 aliphatic carbocycles. The number of alkyl carbamates (subject to hydrolysis) is 1. The highest BCUT2D eigenvalue weighted by atomic mass is 16.6. The summed E-state index contributed by atoms with van der Waals surface area (Å²) in [6.45, 7) is 12.6. The van der Waals surface area contributed by atoms with Crippen LogP contribution in [0.1, 0.15) is 52.7 Å². The van der Waals surface area contributed by atoms with E-state index in [1.165, 1.54) is 6.07 Å². The van der Waals surface area contributed by atoms with E-state index < -0.39 is 29.3 Å². The van der Waals surface area contributed by atoms with Gasteiger partial charge in [0.25, 0.3) is 0 Å². The lowest BCUT2D eigenvalue weighted by molar-refractivity contribution is -0.138. The van der Waals surface area contributed by atoms with Gasteiger partial charge in [-0.2, -0.15) is 0 Å². The molecule has 1 heterocycles. The summed E-state index contributed by atoms with van der Waals surface area (Å²) in [4.78, 5) is 36.6. The maximum absolute atomic E-state index is 12.8. The number of aryl methyl sites for hydroxylation is 2. The number of ether oxygens (including phenoxy) is 2. The van der Waals surface area contributed by atoms with Gasteiger partial charge in [-0.05, 0) is 57.2 Å². The molecular formula is C22H29NO6. The number of nitrogens with one attached hydrogen (secondary N) is 1. The van der Waals surface area contributed by atoms with Crippen LogP contribution in [-0.2, 0) is 16.0 Å². The molecule has 0 spiro atoms. The third kappa shape index (κ3) is 5.82. The molecule has 0 saturated heterocycles. The highest BCUT2D eigenvalue weighted by Gasteiger charge is 2.29. The van der Waals surface area contributed by atoms with Crippen molar-refractivity contribution in [3.8, 4) is 5.75 Å². The lowest BCUT2D eigenvalue weighted by atomic mass is 10.0. The first kappa shape index (κ1) is 22.5. The standard InChI is InChI=1S/C22H29NO6/c1-8-14-10-15-13(4)9-18(24)27-17(15)11-16(14)28-20(25)19(12(2)3)23-21(26)29-22(5,6)7/h9-12,19H,8H2,1-7H3,(H,23,26)/t19-/m1/s1. The third-order valence-electron chi connectivity index (χ3n) is 4.32. The number of amides is 1. The second kappa shape index (κ2) is 8.68. The Balaban J connectivity index is 2.32. The lowest BCUT2D eigenvalue weighted by Crippen LogP contribution is -2.48. The summed E-state index contributed by atoms with van der Waals surface area (Å²) < 4.78 is 16.1. The molecule has 0 aliphatic rings. The van der Waals surface area contributed by atoms with Crippen LogP contribution in [0.25, 0.3) is 11.0 Å². The van der Waals surface area contributed by atoms with E-state index >= 15 is 0 Å². The minimum Gasteiger partial charge on any atom is -0.444 e. The molecule has 29 heavy (non-hydrogen) atoms. The molecule has 1 atom stereocenters. The Bertz CT molecular complexity index is 968. The van der Waals surface area contributed by atoms with Crippen LogP contribution >= 0.6 is 0 Å². The van der Waals surface area contributed by atoms with Crippen LogP contribution in [0.15, 0.2) is 27.4 Å². The Morgan fingerprint density at radius 3 is 2.38 bits per heavy atom. The van der Waals surface area contributed by atoms with Gasteiger partial charge in [0.2, 0.25) is 0 Å². The topological polar surface area (TPSA) is 94.8 Å². The van der Waals surface area contributed by atoms with Gasteiger partial charge < -0.3 is 19.2 Å². The van der Waals surface area contributed by atoms with Crippen molar-refractivity contribution in [2.45, 2.75) is 66.5 Å². The average molecular weight is 403 g/mol. The number of hydrogen-bond acceptors (Lipinski definition) is 6. The summed E-state index contributed by atoms with van der Waals surface area (Å²) in [5.74, 6) is -0.536. The number of esters is 1. The van der Waals surface area contributed by atoms with Crippen molar-refractivity contribution < 1.29 is 23.5 Å². The number of carbonyl (C=O) groups is 2. The highest BCUT2D eigenvalue weighted by molar-refractivity contribution is 5.86. The van der Waals surface area contributed by atoms with Crippen molar-refractivity contribution in [3.63, 3.8) is 0 Å². The molecule has 0 aliphatic heterocycles. The molecule has 1 amide bonds. The van der Waals surface area contributed by atoms with Crippen molar-refractivity contribution in [1.82, 2.24) is 5.32 Å². The maximum Gasteiger partial charge on any atom is 0.408 e. The molecule has 1 aromatic heterocycles. The number of benzene rings is 1. The van der Waals surface area contributed by atoms with Gasteiger partial charge >= 0.3 is 17.7 Å². The highest BCUT2D eigenvalue weighted by Crippen LogP contribution is 2.28. The molecule has 1 aromatic carbocycles. The van der Waals surface area contributed by atoms with E-state index in [-0.39, 0.29) is 5.92 Å². The molecule has 158 valence electrons. The monoisotopic (exact) mass is 403 g/mol. The smallest absolute Gasteiger partial charge is 0.408 e. The van der Waals surface area contributed by atoms with E-state index in [1.54, 1.807) is 40.7 Å². The third-order valence-corrected chi connectivity index (χ3v) is 4.32. The van der Waals surface area contributed by atoms with Gasteiger partial charge in [-0.25, -0.2) is 14.4 Å². The minimum atomic E-state index is -0.894. The van der Waals surface area contributed by atoms with Crippen LogP contribution < -0.4 is 15.7 Å². The SMILES string of the molecule is CCc1cc2c(C)cc(=O)oc2cc1OC(=O)[C@H](NC(=O)OC(C)(C)C)C(C)C. The molecule has 7 heteroatoms. The van der Waals surface area contributed by atoms with Crippen molar-refractivity contribution in [3.05, 3.63) is 39.7 Å². The molecule has 0 fully saturated rings. The fourth-order valence-corrected chi connectivity index (χ4v) is 2.87. The fourth-order valence-electron chi connectivity index (χ4n) is 2.87. The zero-order chi connectivity index (χ0) is 21.9. The van der Waals surface area contributed by atoms with Crippen LogP contribution in [0.3, 0.4) is 0 Å². The Kier molecular flexibility index (Phi) is 6.72. The van der Waals surface area contributed by atoms with Gasteiger partial charge in [0.05, 0.1) is 0 Å². The van der Waals surface area contributed by atoms with E-state index in [4.69, 9.17) is 13.9 Å². The molecule has 7 nitrogen and oxygen atoms in total. The Hall–Kier alpha value is -2.83. The van der Waals surface area contributed by atoms with Gasteiger partial charge in [0.15, 0.2) is 0 Å². The van der Waals surface area contributed by atoms with Crippen LogP contribution in [0, 0.1) is 12.8 Å².